The van der Waals surface area contributed by atoms with E-state index in [4.69, 9.17) is 10.5 Å². The minimum atomic E-state index is -0.366. The van der Waals surface area contributed by atoms with Gasteiger partial charge in [0.15, 0.2) is 0 Å². The Balaban J connectivity index is 1.82. The highest BCUT2D eigenvalue weighted by Crippen LogP contribution is 2.31. The van der Waals surface area contributed by atoms with Gasteiger partial charge in [0, 0.05) is 0 Å². The summed E-state index contributed by atoms with van der Waals surface area (Å²) in [7, 11) is 0. The van der Waals surface area contributed by atoms with Crippen LogP contribution in [0.4, 0.5) is 4.39 Å². The molecule has 20 heavy (non-hydrogen) atoms. The van der Waals surface area contributed by atoms with E-state index in [0.717, 1.165) is 29.7 Å². The van der Waals surface area contributed by atoms with E-state index in [0.29, 0.717) is 10.6 Å². The number of nitrogens with two attached hydrogens (primary N) is 1. The number of hydrogen-bond donors (Lipinski definition) is 1. The van der Waals surface area contributed by atoms with Gasteiger partial charge in [-0.2, -0.15) is 0 Å². The maximum absolute atomic E-state index is 13.5. The van der Waals surface area contributed by atoms with Crippen LogP contribution in [0, 0.1) is 5.82 Å². The Hall–Kier alpha value is -1.39. The van der Waals surface area contributed by atoms with Crippen LogP contribution < -0.4 is 10.5 Å². The van der Waals surface area contributed by atoms with E-state index in [1.165, 1.54) is 6.07 Å². The Morgan fingerprint density at radius 1 is 1.15 bits per heavy atom. The van der Waals surface area contributed by atoms with Crippen molar-refractivity contribution in [2.45, 2.75) is 25.0 Å². The maximum Gasteiger partial charge on any atom is 0.137 e. The molecule has 1 unspecified atom stereocenters. The Morgan fingerprint density at radius 3 is 2.50 bits per heavy atom. The summed E-state index contributed by atoms with van der Waals surface area (Å²) in [5, 5.41) is 0. The summed E-state index contributed by atoms with van der Waals surface area (Å²) in [5.41, 5.74) is 7.88. The fraction of sp³-hybridized carbons (Fsp3) is 0.250. The van der Waals surface area contributed by atoms with Crippen molar-refractivity contribution in [3.05, 3.63) is 63.9 Å². The van der Waals surface area contributed by atoms with Crippen molar-refractivity contribution in [1.82, 2.24) is 0 Å². The van der Waals surface area contributed by atoms with E-state index < -0.39 is 0 Å². The minimum absolute atomic E-state index is 0.299. The van der Waals surface area contributed by atoms with Crippen molar-refractivity contribution in [2.24, 2.45) is 5.73 Å². The lowest BCUT2D eigenvalue weighted by Crippen LogP contribution is -2.13. The molecule has 0 saturated heterocycles. The van der Waals surface area contributed by atoms with E-state index in [-0.39, 0.29) is 11.9 Å². The van der Waals surface area contributed by atoms with Crippen LogP contribution in [0.15, 0.2) is 46.9 Å². The standard InChI is InChI=1S/C16H15BrFNO/c17-15-13(2-1-3-14(15)18)16(19)10-4-6-11(7-5-10)20-12-8-9-12/h1-7,12,16H,8-9,19H2. The van der Waals surface area contributed by atoms with Gasteiger partial charge in [0.25, 0.3) is 0 Å². The summed E-state index contributed by atoms with van der Waals surface area (Å²) in [5.74, 6) is 0.563. The predicted octanol–water partition coefficient (Wildman–Crippen LogP) is 4.18. The zero-order chi connectivity index (χ0) is 14.1. The molecule has 0 radical (unpaired) electrons. The molecule has 1 atom stereocenters. The molecule has 0 spiro atoms. The van der Waals surface area contributed by atoms with Gasteiger partial charge in [0.2, 0.25) is 0 Å². The van der Waals surface area contributed by atoms with Crippen LogP contribution in [0.5, 0.6) is 5.75 Å². The maximum atomic E-state index is 13.5. The molecule has 2 nitrogen and oxygen atoms in total. The second kappa shape index (κ2) is 5.54. The zero-order valence-corrected chi connectivity index (χ0v) is 12.4. The summed E-state index contributed by atoms with van der Waals surface area (Å²) in [4.78, 5) is 0. The smallest absolute Gasteiger partial charge is 0.137 e. The van der Waals surface area contributed by atoms with Gasteiger partial charge in [-0.05, 0) is 58.1 Å². The van der Waals surface area contributed by atoms with E-state index >= 15 is 0 Å². The number of benzene rings is 2. The molecule has 3 rings (SSSR count). The van der Waals surface area contributed by atoms with E-state index in [1.54, 1.807) is 6.07 Å². The van der Waals surface area contributed by atoms with Crippen LogP contribution in [-0.2, 0) is 0 Å². The van der Waals surface area contributed by atoms with Gasteiger partial charge in [-0.3, -0.25) is 0 Å². The topological polar surface area (TPSA) is 35.2 Å². The van der Waals surface area contributed by atoms with Gasteiger partial charge in [-0.25, -0.2) is 4.39 Å². The minimum Gasteiger partial charge on any atom is -0.490 e. The lowest BCUT2D eigenvalue weighted by Gasteiger charge is -2.15. The number of rotatable bonds is 4. The Morgan fingerprint density at radius 2 is 1.85 bits per heavy atom. The third-order valence-electron chi connectivity index (χ3n) is 3.38. The summed E-state index contributed by atoms with van der Waals surface area (Å²) in [6.45, 7) is 0. The molecule has 0 aromatic heterocycles. The van der Waals surface area contributed by atoms with Gasteiger partial charge in [-0.15, -0.1) is 0 Å². The fourth-order valence-corrected chi connectivity index (χ4v) is 2.58. The third kappa shape index (κ3) is 2.86. The van der Waals surface area contributed by atoms with Crippen LogP contribution in [-0.4, -0.2) is 6.10 Å². The number of hydrogen-bond acceptors (Lipinski definition) is 2. The molecule has 0 aliphatic heterocycles. The molecule has 2 aromatic carbocycles. The molecular formula is C16H15BrFNO. The highest BCUT2D eigenvalue weighted by molar-refractivity contribution is 9.10. The summed E-state index contributed by atoms with van der Waals surface area (Å²) < 4.78 is 19.7. The quantitative estimate of drug-likeness (QED) is 0.909. The Kier molecular flexibility index (Phi) is 3.76. The van der Waals surface area contributed by atoms with Gasteiger partial charge in [0.05, 0.1) is 16.6 Å². The highest BCUT2D eigenvalue weighted by atomic mass is 79.9. The number of ether oxygens (including phenoxy) is 1. The molecule has 2 N–H and O–H groups in total. The Labute approximate surface area is 125 Å². The normalized spacial score (nSPS) is 15.9. The summed E-state index contributed by atoms with van der Waals surface area (Å²) >= 11 is 3.25. The van der Waals surface area contributed by atoms with E-state index in [9.17, 15) is 4.39 Å². The second-order valence-electron chi connectivity index (χ2n) is 5.01. The van der Waals surface area contributed by atoms with E-state index in [2.05, 4.69) is 15.9 Å². The first-order chi connectivity index (χ1) is 9.65. The van der Waals surface area contributed by atoms with Crippen LogP contribution in [0.2, 0.25) is 0 Å². The first kappa shape index (κ1) is 13.6. The lowest BCUT2D eigenvalue weighted by atomic mass is 9.99. The molecule has 2 aromatic rings. The zero-order valence-electron chi connectivity index (χ0n) is 10.9. The van der Waals surface area contributed by atoms with Gasteiger partial charge in [-0.1, -0.05) is 24.3 Å². The van der Waals surface area contributed by atoms with Crippen molar-refractivity contribution in [1.29, 1.82) is 0 Å². The third-order valence-corrected chi connectivity index (χ3v) is 4.22. The Bertz CT molecular complexity index is 610. The molecule has 1 aliphatic rings. The molecule has 0 bridgehead atoms. The van der Waals surface area contributed by atoms with E-state index in [1.807, 2.05) is 30.3 Å². The highest BCUT2D eigenvalue weighted by Gasteiger charge is 2.23. The number of halogens is 2. The first-order valence-electron chi connectivity index (χ1n) is 6.61. The molecular weight excluding hydrogens is 321 g/mol. The average molecular weight is 336 g/mol. The largest absolute Gasteiger partial charge is 0.490 e. The van der Waals surface area contributed by atoms with Crippen LogP contribution in [0.1, 0.15) is 30.0 Å². The van der Waals surface area contributed by atoms with Crippen molar-refractivity contribution in [2.75, 3.05) is 0 Å². The molecule has 0 heterocycles. The molecule has 0 amide bonds. The van der Waals surface area contributed by atoms with Crippen molar-refractivity contribution in [3.63, 3.8) is 0 Å². The second-order valence-corrected chi connectivity index (χ2v) is 5.80. The molecule has 1 aliphatic carbocycles. The average Bonchev–Trinajstić information content (AvgIpc) is 3.26. The summed E-state index contributed by atoms with van der Waals surface area (Å²) in [6, 6.07) is 12.2. The van der Waals surface area contributed by atoms with Crippen LogP contribution in [0.3, 0.4) is 0 Å². The molecule has 104 valence electrons. The van der Waals surface area contributed by atoms with Crippen LogP contribution in [0.25, 0.3) is 0 Å². The van der Waals surface area contributed by atoms with Crippen molar-refractivity contribution >= 4 is 15.9 Å². The van der Waals surface area contributed by atoms with Crippen LogP contribution >= 0.6 is 15.9 Å². The molecule has 1 fully saturated rings. The SMILES string of the molecule is NC(c1ccc(OC2CC2)cc1)c1cccc(F)c1Br. The fourth-order valence-electron chi connectivity index (χ4n) is 2.07. The molecule has 1 saturated carbocycles. The van der Waals surface area contributed by atoms with Gasteiger partial charge < -0.3 is 10.5 Å². The summed E-state index contributed by atoms with van der Waals surface area (Å²) in [6.07, 6.45) is 2.65. The molecule has 4 heteroatoms. The van der Waals surface area contributed by atoms with Crippen molar-refractivity contribution in [3.8, 4) is 5.75 Å². The predicted molar refractivity (Wildman–Crippen MR) is 80.2 cm³/mol. The monoisotopic (exact) mass is 335 g/mol. The van der Waals surface area contributed by atoms with Gasteiger partial charge in [0.1, 0.15) is 11.6 Å². The van der Waals surface area contributed by atoms with Crippen molar-refractivity contribution < 1.29 is 9.13 Å². The first-order valence-corrected chi connectivity index (χ1v) is 7.40. The van der Waals surface area contributed by atoms with Gasteiger partial charge >= 0.3 is 0 Å². The lowest BCUT2D eigenvalue weighted by molar-refractivity contribution is 0.303.